The van der Waals surface area contributed by atoms with E-state index in [-0.39, 0.29) is 12.5 Å². The molecule has 1 fully saturated rings. The van der Waals surface area contributed by atoms with Crippen molar-refractivity contribution in [2.24, 2.45) is 0 Å². The first-order valence-electron chi connectivity index (χ1n) is 7.60. The zero-order valence-corrected chi connectivity index (χ0v) is 12.1. The smallest absolute Gasteiger partial charge is 0.224 e. The largest absolute Gasteiger partial charge is 0.395 e. The molecule has 0 bridgehead atoms. The number of carbonyl (C=O) groups excluding carboxylic acids is 1. The molecule has 0 radical (unpaired) electrons. The Morgan fingerprint density at radius 1 is 1.38 bits per heavy atom. The number of fused-ring (bicyclic) bond motifs is 1. The molecule has 1 aromatic heterocycles. The Balaban J connectivity index is 1.64. The molecular weight excluding hydrogens is 266 g/mol. The van der Waals surface area contributed by atoms with Crippen molar-refractivity contribution in [3.05, 3.63) is 30.6 Å². The first kappa shape index (κ1) is 14.1. The maximum Gasteiger partial charge on any atom is 0.224 e. The summed E-state index contributed by atoms with van der Waals surface area (Å²) >= 11 is 0. The van der Waals surface area contributed by atoms with Gasteiger partial charge in [0, 0.05) is 25.6 Å². The second-order valence-electron chi connectivity index (χ2n) is 5.57. The van der Waals surface area contributed by atoms with E-state index in [2.05, 4.69) is 4.98 Å². The minimum absolute atomic E-state index is 0.0379. The van der Waals surface area contributed by atoms with Gasteiger partial charge in [0.2, 0.25) is 5.91 Å². The predicted octanol–water partition coefficient (Wildman–Crippen LogP) is 1.80. The molecule has 1 aliphatic rings. The van der Waals surface area contributed by atoms with Crippen molar-refractivity contribution in [2.45, 2.75) is 38.3 Å². The minimum atomic E-state index is 0.0379. The number of para-hydroxylation sites is 2. The van der Waals surface area contributed by atoms with Crippen LogP contribution in [0.25, 0.3) is 11.0 Å². The van der Waals surface area contributed by atoms with Gasteiger partial charge in [-0.1, -0.05) is 12.1 Å². The van der Waals surface area contributed by atoms with Crippen LogP contribution < -0.4 is 0 Å². The summed E-state index contributed by atoms with van der Waals surface area (Å²) in [7, 11) is 0. The van der Waals surface area contributed by atoms with E-state index >= 15 is 0 Å². The summed E-state index contributed by atoms with van der Waals surface area (Å²) in [6.07, 6.45) is 5.57. The van der Waals surface area contributed by atoms with E-state index in [0.29, 0.717) is 25.6 Å². The van der Waals surface area contributed by atoms with Crippen molar-refractivity contribution in [1.82, 2.24) is 14.5 Å². The Hall–Kier alpha value is -1.88. The molecule has 0 saturated heterocycles. The lowest BCUT2D eigenvalue weighted by atomic mass is 9.91. The number of aromatic nitrogens is 2. The SMILES string of the molecule is O=C(CCn1cnc2ccccc21)N(CCO)C1CCC1. The number of aliphatic hydroxyl groups is 1. The Morgan fingerprint density at radius 2 is 2.19 bits per heavy atom. The van der Waals surface area contributed by atoms with E-state index in [1.54, 1.807) is 6.33 Å². The quantitative estimate of drug-likeness (QED) is 0.881. The Kier molecular flexibility index (Phi) is 4.20. The Morgan fingerprint density at radius 3 is 2.90 bits per heavy atom. The van der Waals surface area contributed by atoms with Gasteiger partial charge in [-0.3, -0.25) is 4.79 Å². The van der Waals surface area contributed by atoms with Crippen LogP contribution in [0.3, 0.4) is 0 Å². The summed E-state index contributed by atoms with van der Waals surface area (Å²) in [5.74, 6) is 0.131. The fourth-order valence-corrected chi connectivity index (χ4v) is 2.87. The van der Waals surface area contributed by atoms with E-state index in [9.17, 15) is 4.79 Å². The van der Waals surface area contributed by atoms with Gasteiger partial charge in [-0.25, -0.2) is 4.98 Å². The van der Waals surface area contributed by atoms with Crippen LogP contribution in [-0.2, 0) is 11.3 Å². The molecule has 21 heavy (non-hydrogen) atoms. The number of carbonyl (C=O) groups is 1. The number of amides is 1. The molecule has 112 valence electrons. The number of nitrogens with zero attached hydrogens (tertiary/aromatic N) is 3. The fraction of sp³-hybridized carbons (Fsp3) is 0.500. The van der Waals surface area contributed by atoms with Crippen LogP contribution in [0, 0.1) is 0 Å². The highest BCUT2D eigenvalue weighted by Gasteiger charge is 2.27. The molecule has 1 saturated carbocycles. The van der Waals surface area contributed by atoms with Gasteiger partial charge in [0.05, 0.1) is 24.0 Å². The van der Waals surface area contributed by atoms with Gasteiger partial charge in [0.25, 0.3) is 0 Å². The van der Waals surface area contributed by atoms with Gasteiger partial charge >= 0.3 is 0 Å². The second-order valence-corrected chi connectivity index (χ2v) is 5.57. The molecule has 0 spiro atoms. The molecule has 1 N–H and O–H groups in total. The van der Waals surface area contributed by atoms with Gasteiger partial charge in [0.1, 0.15) is 0 Å². The summed E-state index contributed by atoms with van der Waals surface area (Å²) in [4.78, 5) is 18.6. The number of hydrogen-bond acceptors (Lipinski definition) is 3. The third-order valence-electron chi connectivity index (χ3n) is 4.27. The molecule has 1 aliphatic carbocycles. The maximum absolute atomic E-state index is 12.4. The minimum Gasteiger partial charge on any atom is -0.395 e. The topological polar surface area (TPSA) is 58.4 Å². The molecule has 3 rings (SSSR count). The van der Waals surface area contributed by atoms with Crippen LogP contribution in [0.2, 0.25) is 0 Å². The number of aryl methyl sites for hydroxylation is 1. The van der Waals surface area contributed by atoms with Crippen molar-refractivity contribution < 1.29 is 9.90 Å². The van der Waals surface area contributed by atoms with Gasteiger partial charge in [0.15, 0.2) is 0 Å². The molecular formula is C16H21N3O2. The molecule has 0 atom stereocenters. The maximum atomic E-state index is 12.4. The van der Waals surface area contributed by atoms with Crippen LogP contribution >= 0.6 is 0 Å². The average Bonchev–Trinajstić information content (AvgIpc) is 2.86. The lowest BCUT2D eigenvalue weighted by molar-refractivity contribution is -0.136. The predicted molar refractivity (Wildman–Crippen MR) is 80.8 cm³/mol. The molecule has 0 unspecified atom stereocenters. The number of rotatable bonds is 6. The first-order chi connectivity index (χ1) is 10.3. The molecule has 5 heteroatoms. The third-order valence-corrected chi connectivity index (χ3v) is 4.27. The molecule has 5 nitrogen and oxygen atoms in total. The highest BCUT2D eigenvalue weighted by atomic mass is 16.3. The highest BCUT2D eigenvalue weighted by Crippen LogP contribution is 2.25. The molecule has 1 aromatic carbocycles. The lowest BCUT2D eigenvalue weighted by Gasteiger charge is -2.37. The van der Waals surface area contributed by atoms with Gasteiger partial charge < -0.3 is 14.6 Å². The summed E-state index contributed by atoms with van der Waals surface area (Å²) < 4.78 is 2.02. The third kappa shape index (κ3) is 2.93. The summed E-state index contributed by atoms with van der Waals surface area (Å²) in [5.41, 5.74) is 2.01. The van der Waals surface area contributed by atoms with E-state index in [1.807, 2.05) is 33.7 Å². The Labute approximate surface area is 124 Å². The molecule has 1 amide bonds. The normalized spacial score (nSPS) is 15.1. The monoisotopic (exact) mass is 287 g/mol. The zero-order valence-electron chi connectivity index (χ0n) is 12.1. The van der Waals surface area contributed by atoms with Crippen molar-refractivity contribution >= 4 is 16.9 Å². The standard InChI is InChI=1S/C16H21N3O2/c20-11-10-19(13-4-3-5-13)16(21)8-9-18-12-17-14-6-1-2-7-15(14)18/h1-2,6-7,12-13,20H,3-5,8-11H2. The summed E-state index contributed by atoms with van der Waals surface area (Å²) in [6, 6.07) is 8.27. The molecule has 0 aliphatic heterocycles. The first-order valence-corrected chi connectivity index (χ1v) is 7.60. The van der Waals surface area contributed by atoms with Crippen LogP contribution in [0.4, 0.5) is 0 Å². The van der Waals surface area contributed by atoms with Crippen LogP contribution in [0.1, 0.15) is 25.7 Å². The van der Waals surface area contributed by atoms with Crippen LogP contribution in [-0.4, -0.2) is 44.7 Å². The van der Waals surface area contributed by atoms with Gasteiger partial charge in [-0.05, 0) is 31.4 Å². The summed E-state index contributed by atoms with van der Waals surface area (Å²) in [5, 5.41) is 9.14. The van der Waals surface area contributed by atoms with Crippen molar-refractivity contribution in [1.29, 1.82) is 0 Å². The highest BCUT2D eigenvalue weighted by molar-refractivity contribution is 5.78. The lowest BCUT2D eigenvalue weighted by Crippen LogP contribution is -2.45. The average molecular weight is 287 g/mol. The van der Waals surface area contributed by atoms with Crippen molar-refractivity contribution in [3.8, 4) is 0 Å². The number of aliphatic hydroxyl groups excluding tert-OH is 1. The van der Waals surface area contributed by atoms with Crippen LogP contribution in [0.15, 0.2) is 30.6 Å². The number of benzene rings is 1. The van der Waals surface area contributed by atoms with E-state index < -0.39 is 0 Å². The van der Waals surface area contributed by atoms with Gasteiger partial charge in [-0.2, -0.15) is 0 Å². The van der Waals surface area contributed by atoms with Crippen molar-refractivity contribution in [2.75, 3.05) is 13.2 Å². The van der Waals surface area contributed by atoms with Crippen LogP contribution in [0.5, 0.6) is 0 Å². The number of hydrogen-bond donors (Lipinski definition) is 1. The van der Waals surface area contributed by atoms with E-state index in [0.717, 1.165) is 23.9 Å². The summed E-state index contributed by atoms with van der Waals surface area (Å²) in [6.45, 7) is 1.12. The van der Waals surface area contributed by atoms with Gasteiger partial charge in [-0.15, -0.1) is 0 Å². The van der Waals surface area contributed by atoms with E-state index in [4.69, 9.17) is 5.11 Å². The fourth-order valence-electron chi connectivity index (χ4n) is 2.87. The number of imidazole rings is 1. The molecule has 2 aromatic rings. The Bertz CT molecular complexity index is 619. The second kappa shape index (κ2) is 6.26. The van der Waals surface area contributed by atoms with Crippen molar-refractivity contribution in [3.63, 3.8) is 0 Å². The zero-order chi connectivity index (χ0) is 14.7. The molecule has 1 heterocycles. The van der Waals surface area contributed by atoms with E-state index in [1.165, 1.54) is 6.42 Å².